The van der Waals surface area contributed by atoms with Crippen LogP contribution in [0.4, 0.5) is 0 Å². The van der Waals surface area contributed by atoms with Crippen LogP contribution in [0, 0.1) is 6.92 Å². The molecule has 2 aromatic heterocycles. The Morgan fingerprint density at radius 1 is 1.31 bits per heavy atom. The molecule has 0 aliphatic heterocycles. The summed E-state index contributed by atoms with van der Waals surface area (Å²) >= 11 is 7.46. The molecule has 0 unspecified atom stereocenters. The van der Waals surface area contributed by atoms with Gasteiger partial charge in [0, 0.05) is 4.88 Å². The summed E-state index contributed by atoms with van der Waals surface area (Å²) in [6.45, 7) is 6.07. The van der Waals surface area contributed by atoms with Crippen LogP contribution in [0.25, 0.3) is 10.2 Å². The van der Waals surface area contributed by atoms with Gasteiger partial charge in [-0.3, -0.25) is 0 Å². The highest BCUT2D eigenvalue weighted by Crippen LogP contribution is 2.24. The van der Waals surface area contributed by atoms with Crippen molar-refractivity contribution in [2.75, 3.05) is 0 Å². The van der Waals surface area contributed by atoms with Crippen LogP contribution in [-0.4, -0.2) is 4.98 Å². The molecular formula is C10H12ClNS. The van der Waals surface area contributed by atoms with Crippen LogP contribution in [0.3, 0.4) is 0 Å². The second-order valence-corrected chi connectivity index (χ2v) is 4.05. The van der Waals surface area contributed by atoms with Crippen LogP contribution < -0.4 is 0 Å². The molecule has 0 atom stereocenters. The van der Waals surface area contributed by atoms with Crippen molar-refractivity contribution < 1.29 is 0 Å². The van der Waals surface area contributed by atoms with E-state index in [-0.39, 0.29) is 0 Å². The van der Waals surface area contributed by atoms with Crippen molar-refractivity contribution in [2.45, 2.75) is 20.8 Å². The lowest BCUT2D eigenvalue weighted by atomic mass is 10.4. The predicted octanol–water partition coefficient (Wildman–Crippen LogP) is 4.28. The highest BCUT2D eigenvalue weighted by molar-refractivity contribution is 7.18. The minimum Gasteiger partial charge on any atom is -0.235 e. The number of rotatable bonds is 0. The summed E-state index contributed by atoms with van der Waals surface area (Å²) in [6, 6.07) is 5.87. The SMILES string of the molecule is CC.Cc1cc2nc(Cl)ccc2s1. The molecule has 1 nitrogen and oxygen atoms in total. The van der Waals surface area contributed by atoms with Crippen LogP contribution in [0.15, 0.2) is 18.2 Å². The summed E-state index contributed by atoms with van der Waals surface area (Å²) < 4.78 is 1.20. The number of hydrogen-bond acceptors (Lipinski definition) is 2. The van der Waals surface area contributed by atoms with Crippen LogP contribution >= 0.6 is 22.9 Å². The van der Waals surface area contributed by atoms with E-state index in [2.05, 4.69) is 11.9 Å². The van der Waals surface area contributed by atoms with Crippen LogP contribution in [0.5, 0.6) is 0 Å². The average Bonchev–Trinajstić information content (AvgIpc) is 2.48. The topological polar surface area (TPSA) is 12.9 Å². The van der Waals surface area contributed by atoms with E-state index in [1.54, 1.807) is 11.3 Å². The van der Waals surface area contributed by atoms with Gasteiger partial charge in [-0.05, 0) is 25.1 Å². The van der Waals surface area contributed by atoms with Gasteiger partial charge in [0.15, 0.2) is 0 Å². The first-order valence-corrected chi connectivity index (χ1v) is 5.48. The molecule has 0 fully saturated rings. The summed E-state index contributed by atoms with van der Waals surface area (Å²) in [5.41, 5.74) is 1.00. The molecule has 2 aromatic rings. The molecule has 0 aliphatic rings. The number of hydrogen-bond donors (Lipinski definition) is 0. The third-order valence-electron chi connectivity index (χ3n) is 1.46. The van der Waals surface area contributed by atoms with E-state index < -0.39 is 0 Å². The van der Waals surface area contributed by atoms with E-state index in [0.29, 0.717) is 5.15 Å². The molecule has 0 aromatic carbocycles. The third kappa shape index (κ3) is 2.42. The number of aromatic nitrogens is 1. The molecule has 70 valence electrons. The maximum Gasteiger partial charge on any atom is 0.129 e. The maximum absolute atomic E-state index is 5.72. The van der Waals surface area contributed by atoms with Gasteiger partial charge in [-0.2, -0.15) is 0 Å². The fourth-order valence-corrected chi connectivity index (χ4v) is 2.04. The Morgan fingerprint density at radius 2 is 2.00 bits per heavy atom. The number of thiophene rings is 1. The highest BCUT2D eigenvalue weighted by atomic mass is 35.5. The van der Waals surface area contributed by atoms with E-state index in [1.165, 1.54) is 9.58 Å². The zero-order valence-electron chi connectivity index (χ0n) is 7.97. The Labute approximate surface area is 87.4 Å². The molecule has 0 saturated carbocycles. The molecule has 0 bridgehead atoms. The number of nitrogens with zero attached hydrogens (tertiary/aromatic N) is 1. The lowest BCUT2D eigenvalue weighted by Crippen LogP contribution is -1.71. The average molecular weight is 214 g/mol. The fourth-order valence-electron chi connectivity index (χ4n) is 1.02. The Kier molecular flexibility index (Phi) is 3.70. The van der Waals surface area contributed by atoms with Gasteiger partial charge < -0.3 is 0 Å². The van der Waals surface area contributed by atoms with Crippen molar-refractivity contribution in [3.63, 3.8) is 0 Å². The first-order chi connectivity index (χ1) is 6.25. The summed E-state index contributed by atoms with van der Waals surface area (Å²) in [5, 5.41) is 0.565. The molecule has 2 heterocycles. The molecule has 3 heteroatoms. The second-order valence-electron chi connectivity index (χ2n) is 2.37. The number of pyridine rings is 1. The smallest absolute Gasteiger partial charge is 0.129 e. The molecule has 0 aliphatic carbocycles. The van der Waals surface area contributed by atoms with Crippen molar-refractivity contribution in [2.24, 2.45) is 0 Å². The van der Waals surface area contributed by atoms with Gasteiger partial charge in [0.1, 0.15) is 5.15 Å². The normalized spacial score (nSPS) is 9.54. The molecule has 0 saturated heterocycles. The summed E-state index contributed by atoms with van der Waals surface area (Å²) in [6.07, 6.45) is 0. The summed E-state index contributed by atoms with van der Waals surface area (Å²) in [7, 11) is 0. The first-order valence-electron chi connectivity index (χ1n) is 4.28. The third-order valence-corrected chi connectivity index (χ3v) is 2.68. The van der Waals surface area contributed by atoms with Gasteiger partial charge in [0.05, 0.1) is 10.2 Å². The molecule has 13 heavy (non-hydrogen) atoms. The van der Waals surface area contributed by atoms with Crippen LogP contribution in [0.2, 0.25) is 5.15 Å². The van der Waals surface area contributed by atoms with E-state index in [1.807, 2.05) is 32.0 Å². The van der Waals surface area contributed by atoms with Crippen molar-refractivity contribution in [3.05, 3.63) is 28.2 Å². The second kappa shape index (κ2) is 4.58. The Hall–Kier alpha value is -0.600. The Balaban J connectivity index is 0.000000396. The van der Waals surface area contributed by atoms with Gasteiger partial charge in [-0.25, -0.2) is 4.98 Å². The molecule has 0 amide bonds. The van der Waals surface area contributed by atoms with Crippen molar-refractivity contribution in [1.29, 1.82) is 0 Å². The van der Waals surface area contributed by atoms with Crippen LogP contribution in [-0.2, 0) is 0 Å². The number of fused-ring (bicyclic) bond motifs is 1. The zero-order valence-corrected chi connectivity index (χ0v) is 9.54. The predicted molar refractivity (Wildman–Crippen MR) is 60.7 cm³/mol. The lowest BCUT2D eigenvalue weighted by Gasteiger charge is -1.87. The largest absolute Gasteiger partial charge is 0.235 e. The molecule has 0 spiro atoms. The molecule has 0 N–H and O–H groups in total. The summed E-state index contributed by atoms with van der Waals surface area (Å²) in [5.74, 6) is 0. The van der Waals surface area contributed by atoms with E-state index in [4.69, 9.17) is 11.6 Å². The van der Waals surface area contributed by atoms with E-state index in [0.717, 1.165) is 5.52 Å². The minimum absolute atomic E-state index is 0.565. The quantitative estimate of drug-likeness (QED) is 0.596. The van der Waals surface area contributed by atoms with Gasteiger partial charge in [-0.15, -0.1) is 11.3 Å². The maximum atomic E-state index is 5.72. The Morgan fingerprint density at radius 3 is 2.69 bits per heavy atom. The van der Waals surface area contributed by atoms with Gasteiger partial charge in [0.2, 0.25) is 0 Å². The Bertz CT molecular complexity index is 395. The van der Waals surface area contributed by atoms with Gasteiger partial charge >= 0.3 is 0 Å². The standard InChI is InChI=1S/C8H6ClNS.C2H6/c1-5-4-6-7(11-5)2-3-8(9)10-6;1-2/h2-4H,1H3;1-2H3. The molecule has 2 rings (SSSR count). The molecule has 0 radical (unpaired) electrons. The lowest BCUT2D eigenvalue weighted by molar-refractivity contribution is 1.42. The zero-order chi connectivity index (χ0) is 9.84. The first kappa shape index (κ1) is 10.5. The number of aryl methyl sites for hydroxylation is 1. The van der Waals surface area contributed by atoms with Crippen LogP contribution in [0.1, 0.15) is 18.7 Å². The number of halogens is 1. The summed E-state index contributed by atoms with van der Waals surface area (Å²) in [4.78, 5) is 5.45. The highest BCUT2D eigenvalue weighted by Gasteiger charge is 1.98. The molecular weight excluding hydrogens is 202 g/mol. The monoisotopic (exact) mass is 213 g/mol. The van der Waals surface area contributed by atoms with Crippen molar-refractivity contribution in [1.82, 2.24) is 4.98 Å². The minimum atomic E-state index is 0.565. The van der Waals surface area contributed by atoms with Crippen molar-refractivity contribution >= 4 is 33.2 Å². The van der Waals surface area contributed by atoms with E-state index in [9.17, 15) is 0 Å². The van der Waals surface area contributed by atoms with E-state index >= 15 is 0 Å². The van der Waals surface area contributed by atoms with Gasteiger partial charge in [0.25, 0.3) is 0 Å². The van der Waals surface area contributed by atoms with Crippen molar-refractivity contribution in [3.8, 4) is 0 Å². The fraction of sp³-hybridized carbons (Fsp3) is 0.300. The van der Waals surface area contributed by atoms with Gasteiger partial charge in [-0.1, -0.05) is 25.4 Å².